The lowest BCUT2D eigenvalue weighted by Crippen LogP contribution is -1.97. The van der Waals surface area contributed by atoms with Gasteiger partial charge in [-0.15, -0.1) is 0 Å². The van der Waals surface area contributed by atoms with E-state index in [1.54, 1.807) is 18.2 Å². The molecule has 3 nitrogen and oxygen atoms in total. The zero-order valence-electron chi connectivity index (χ0n) is 10.4. The summed E-state index contributed by atoms with van der Waals surface area (Å²) in [6.07, 6.45) is 0. The Morgan fingerprint density at radius 3 is 2.63 bits per heavy atom. The molecule has 2 rings (SSSR count). The first-order chi connectivity index (χ1) is 9.24. The highest BCUT2D eigenvalue weighted by Crippen LogP contribution is 2.25. The van der Waals surface area contributed by atoms with Crippen LogP contribution in [0.25, 0.3) is 0 Å². The summed E-state index contributed by atoms with van der Waals surface area (Å²) in [7, 11) is 1.54. The molecule has 0 aromatic heterocycles. The number of hydrogen-bond donors (Lipinski definition) is 0. The largest absolute Gasteiger partial charge is 0.495 e. The normalized spacial score (nSPS) is 9.74. The second-order valence-corrected chi connectivity index (χ2v) is 4.27. The fourth-order valence-electron chi connectivity index (χ4n) is 1.64. The summed E-state index contributed by atoms with van der Waals surface area (Å²) in [6.45, 7) is 0.367. The Morgan fingerprint density at radius 1 is 1.16 bits per heavy atom. The van der Waals surface area contributed by atoms with Crippen molar-refractivity contribution < 1.29 is 9.47 Å². The van der Waals surface area contributed by atoms with E-state index >= 15 is 0 Å². The van der Waals surface area contributed by atoms with Crippen LogP contribution in [0.5, 0.6) is 11.5 Å². The molecular weight excluding hydrogens is 262 g/mol. The Morgan fingerprint density at radius 2 is 1.95 bits per heavy atom. The molecule has 0 atom stereocenters. The predicted octanol–water partition coefficient (Wildman–Crippen LogP) is 3.80. The van der Waals surface area contributed by atoms with E-state index in [1.807, 2.05) is 24.3 Å². The highest BCUT2D eigenvalue weighted by atomic mass is 35.5. The average Bonchev–Trinajstić information content (AvgIpc) is 2.46. The molecule has 2 aromatic carbocycles. The van der Waals surface area contributed by atoms with E-state index < -0.39 is 0 Å². The van der Waals surface area contributed by atoms with Crippen molar-refractivity contribution in [1.29, 1.82) is 5.26 Å². The number of ether oxygens (including phenoxy) is 2. The van der Waals surface area contributed by atoms with Crippen LogP contribution < -0.4 is 9.47 Å². The molecule has 0 heterocycles. The van der Waals surface area contributed by atoms with Crippen molar-refractivity contribution in [1.82, 2.24) is 0 Å². The van der Waals surface area contributed by atoms with E-state index in [-0.39, 0.29) is 0 Å². The van der Waals surface area contributed by atoms with Crippen LogP contribution in [0.3, 0.4) is 0 Å². The Hall–Kier alpha value is -2.18. The minimum Gasteiger partial charge on any atom is -0.495 e. The van der Waals surface area contributed by atoms with Gasteiger partial charge in [0.1, 0.15) is 24.2 Å². The van der Waals surface area contributed by atoms with Gasteiger partial charge in [0.2, 0.25) is 0 Å². The molecule has 0 radical (unpaired) electrons. The standard InChI is InChI=1S/C15H12ClNO2/c1-18-15-8-11(6-7-12(15)9-17)10-19-14-5-3-2-4-13(14)16/h2-8H,10H2,1H3. The Kier molecular flexibility index (Phi) is 4.27. The zero-order chi connectivity index (χ0) is 13.7. The lowest BCUT2D eigenvalue weighted by molar-refractivity contribution is 0.305. The van der Waals surface area contributed by atoms with Gasteiger partial charge in [0.15, 0.2) is 0 Å². The number of para-hydroxylation sites is 1. The minimum absolute atomic E-state index is 0.367. The average molecular weight is 274 g/mol. The number of hydrogen-bond acceptors (Lipinski definition) is 3. The van der Waals surface area contributed by atoms with Gasteiger partial charge in [-0.1, -0.05) is 29.8 Å². The number of benzene rings is 2. The maximum Gasteiger partial charge on any atom is 0.138 e. The van der Waals surface area contributed by atoms with Crippen molar-refractivity contribution in [3.63, 3.8) is 0 Å². The van der Waals surface area contributed by atoms with Gasteiger partial charge < -0.3 is 9.47 Å². The van der Waals surface area contributed by atoms with E-state index in [9.17, 15) is 0 Å². The van der Waals surface area contributed by atoms with Crippen LogP contribution in [0, 0.1) is 11.3 Å². The summed E-state index contributed by atoms with van der Waals surface area (Å²) in [5.74, 6) is 1.18. The molecule has 96 valence electrons. The van der Waals surface area contributed by atoms with Gasteiger partial charge >= 0.3 is 0 Å². The summed E-state index contributed by atoms with van der Waals surface area (Å²) in [6, 6.07) is 14.7. The Bertz CT molecular complexity index is 620. The lowest BCUT2D eigenvalue weighted by Gasteiger charge is -2.09. The third-order valence-corrected chi connectivity index (χ3v) is 2.93. The summed E-state index contributed by atoms with van der Waals surface area (Å²) < 4.78 is 10.8. The number of rotatable bonds is 4. The highest BCUT2D eigenvalue weighted by molar-refractivity contribution is 6.32. The van der Waals surface area contributed by atoms with Crippen LogP contribution in [0.4, 0.5) is 0 Å². The molecule has 0 aliphatic heterocycles. The minimum atomic E-state index is 0.367. The summed E-state index contributed by atoms with van der Waals surface area (Å²) in [5.41, 5.74) is 1.42. The van der Waals surface area contributed by atoms with Crippen molar-refractivity contribution in [2.75, 3.05) is 7.11 Å². The predicted molar refractivity (Wildman–Crippen MR) is 73.5 cm³/mol. The first-order valence-electron chi connectivity index (χ1n) is 5.69. The van der Waals surface area contributed by atoms with Gasteiger partial charge in [-0.3, -0.25) is 0 Å². The van der Waals surface area contributed by atoms with Gasteiger partial charge in [-0.05, 0) is 29.8 Å². The Labute approximate surface area is 117 Å². The van der Waals surface area contributed by atoms with Crippen molar-refractivity contribution in [3.05, 3.63) is 58.6 Å². The fourth-order valence-corrected chi connectivity index (χ4v) is 1.83. The van der Waals surface area contributed by atoms with Gasteiger partial charge in [0, 0.05) is 0 Å². The quantitative estimate of drug-likeness (QED) is 0.851. The molecule has 2 aromatic rings. The molecule has 0 amide bonds. The van der Waals surface area contributed by atoms with Crippen LogP contribution in [0.2, 0.25) is 5.02 Å². The molecule has 0 aliphatic carbocycles. The van der Waals surface area contributed by atoms with Crippen LogP contribution >= 0.6 is 11.6 Å². The third kappa shape index (κ3) is 3.18. The van der Waals surface area contributed by atoms with E-state index in [2.05, 4.69) is 6.07 Å². The topological polar surface area (TPSA) is 42.2 Å². The van der Waals surface area contributed by atoms with Gasteiger partial charge in [-0.2, -0.15) is 5.26 Å². The van der Waals surface area contributed by atoms with Crippen LogP contribution in [-0.2, 0) is 6.61 Å². The second-order valence-electron chi connectivity index (χ2n) is 3.87. The van der Waals surface area contributed by atoms with Crippen molar-refractivity contribution in [3.8, 4) is 17.6 Å². The van der Waals surface area contributed by atoms with Gasteiger partial charge in [0.05, 0.1) is 17.7 Å². The molecule has 0 N–H and O–H groups in total. The monoisotopic (exact) mass is 273 g/mol. The summed E-state index contributed by atoms with van der Waals surface area (Å²) in [4.78, 5) is 0. The molecule has 4 heteroatoms. The highest BCUT2D eigenvalue weighted by Gasteiger charge is 2.05. The van der Waals surface area contributed by atoms with Gasteiger partial charge in [0.25, 0.3) is 0 Å². The molecule has 0 fully saturated rings. The Balaban J connectivity index is 2.13. The molecule has 0 bridgehead atoms. The summed E-state index contributed by atoms with van der Waals surface area (Å²) >= 11 is 6.00. The second kappa shape index (κ2) is 6.12. The van der Waals surface area contributed by atoms with E-state index in [0.717, 1.165) is 5.56 Å². The molecule has 19 heavy (non-hydrogen) atoms. The van der Waals surface area contributed by atoms with E-state index in [1.165, 1.54) is 7.11 Å². The molecule has 0 spiro atoms. The summed E-state index contributed by atoms with van der Waals surface area (Å²) in [5, 5.41) is 9.48. The first kappa shape index (κ1) is 13.3. The number of halogens is 1. The fraction of sp³-hybridized carbons (Fsp3) is 0.133. The van der Waals surface area contributed by atoms with Gasteiger partial charge in [-0.25, -0.2) is 0 Å². The lowest BCUT2D eigenvalue weighted by atomic mass is 10.1. The van der Waals surface area contributed by atoms with Crippen molar-refractivity contribution in [2.45, 2.75) is 6.61 Å². The van der Waals surface area contributed by atoms with Crippen LogP contribution in [0.15, 0.2) is 42.5 Å². The number of nitrogens with zero attached hydrogens (tertiary/aromatic N) is 1. The smallest absolute Gasteiger partial charge is 0.138 e. The number of methoxy groups -OCH3 is 1. The third-order valence-electron chi connectivity index (χ3n) is 2.62. The molecular formula is C15H12ClNO2. The first-order valence-corrected chi connectivity index (χ1v) is 6.06. The van der Waals surface area contributed by atoms with Crippen LogP contribution in [-0.4, -0.2) is 7.11 Å². The molecule has 0 saturated heterocycles. The maximum absolute atomic E-state index is 8.91. The van der Waals surface area contributed by atoms with Crippen molar-refractivity contribution in [2.24, 2.45) is 0 Å². The maximum atomic E-state index is 8.91. The van der Waals surface area contributed by atoms with Crippen molar-refractivity contribution >= 4 is 11.6 Å². The number of nitriles is 1. The molecule has 0 unspecified atom stereocenters. The molecule has 0 saturated carbocycles. The zero-order valence-corrected chi connectivity index (χ0v) is 11.1. The van der Waals surface area contributed by atoms with E-state index in [0.29, 0.717) is 28.7 Å². The molecule has 0 aliphatic rings. The van der Waals surface area contributed by atoms with Crippen LogP contribution in [0.1, 0.15) is 11.1 Å². The SMILES string of the molecule is COc1cc(COc2ccccc2Cl)ccc1C#N. The van der Waals surface area contributed by atoms with E-state index in [4.69, 9.17) is 26.3 Å².